The van der Waals surface area contributed by atoms with Crippen LogP contribution in [-0.4, -0.2) is 79.1 Å². The molecule has 2 aliphatic rings. The van der Waals surface area contributed by atoms with Gasteiger partial charge in [0, 0.05) is 30.7 Å². The number of benzene rings is 1. The molecule has 1 aliphatic heterocycles. The summed E-state index contributed by atoms with van der Waals surface area (Å²) < 4.78 is 68.4. The molecule has 0 radical (unpaired) electrons. The molecule has 2 N–H and O–H groups in total. The summed E-state index contributed by atoms with van der Waals surface area (Å²) in [4.78, 5) is 41.8. The van der Waals surface area contributed by atoms with Gasteiger partial charge < -0.3 is 25.2 Å². The number of fused-ring (bicyclic) bond motifs is 1. The standard InChI is InChI=1S/C29H41F5N4O4/c1-17(2)38(20-8-6-19(7-9-20)10-11-35-16-29(32,33)34)26(40)21-15-22-23(14-18(21)3)42-28(4,5)27(41)37(22)13-12-36-25(39)24(30)31/h14-15,17,19-20,24,35H,6-13,16H2,1-5H3,(H,36,39)/t19-,20+. The third kappa shape index (κ3) is 8.32. The first-order chi connectivity index (χ1) is 19.5. The van der Waals surface area contributed by atoms with Crippen molar-refractivity contribution in [1.29, 1.82) is 0 Å². The van der Waals surface area contributed by atoms with E-state index < -0.39 is 36.6 Å². The van der Waals surface area contributed by atoms with E-state index in [1.165, 1.54) is 4.90 Å². The molecule has 13 heteroatoms. The summed E-state index contributed by atoms with van der Waals surface area (Å²) in [5.74, 6) is -1.45. The number of carbonyl (C=O) groups excluding carboxylic acids is 3. The van der Waals surface area contributed by atoms with Crippen LogP contribution < -0.4 is 20.3 Å². The fourth-order valence-electron chi connectivity index (χ4n) is 5.75. The Hall–Kier alpha value is -2.96. The van der Waals surface area contributed by atoms with E-state index in [0.717, 1.165) is 25.7 Å². The first-order valence-electron chi connectivity index (χ1n) is 14.3. The number of alkyl halides is 5. The van der Waals surface area contributed by atoms with E-state index in [1.54, 1.807) is 32.9 Å². The van der Waals surface area contributed by atoms with Crippen molar-refractivity contribution < 1.29 is 41.1 Å². The topological polar surface area (TPSA) is 91.0 Å². The van der Waals surface area contributed by atoms with Crippen molar-refractivity contribution in [2.24, 2.45) is 5.92 Å². The molecule has 236 valence electrons. The molecule has 0 spiro atoms. The summed E-state index contributed by atoms with van der Waals surface area (Å²) >= 11 is 0. The van der Waals surface area contributed by atoms with Crippen molar-refractivity contribution in [1.82, 2.24) is 15.5 Å². The molecule has 0 aromatic heterocycles. The van der Waals surface area contributed by atoms with Gasteiger partial charge in [0.05, 0.1) is 12.2 Å². The number of amides is 3. The summed E-state index contributed by atoms with van der Waals surface area (Å²) in [6.07, 6.45) is -3.72. The van der Waals surface area contributed by atoms with E-state index in [2.05, 4.69) is 10.6 Å². The normalized spacial score (nSPS) is 20.4. The Balaban J connectivity index is 1.76. The molecule has 0 saturated heterocycles. The predicted molar refractivity (Wildman–Crippen MR) is 148 cm³/mol. The van der Waals surface area contributed by atoms with Crippen molar-refractivity contribution in [2.75, 3.05) is 31.1 Å². The fraction of sp³-hybridized carbons (Fsp3) is 0.690. The highest BCUT2D eigenvalue weighted by Gasteiger charge is 2.42. The highest BCUT2D eigenvalue weighted by atomic mass is 19.4. The number of rotatable bonds is 11. The molecule has 0 unspecified atom stereocenters. The lowest BCUT2D eigenvalue weighted by molar-refractivity contribution is -0.133. The number of nitrogens with zero attached hydrogens (tertiary/aromatic N) is 2. The summed E-state index contributed by atoms with van der Waals surface area (Å²) in [5.41, 5.74) is 0.0876. The van der Waals surface area contributed by atoms with Crippen LogP contribution in [0.15, 0.2) is 12.1 Å². The van der Waals surface area contributed by atoms with Crippen LogP contribution in [-0.2, 0) is 9.59 Å². The van der Waals surface area contributed by atoms with E-state index in [0.29, 0.717) is 29.0 Å². The maximum atomic E-state index is 14.0. The summed E-state index contributed by atoms with van der Waals surface area (Å²) in [6.45, 7) is 7.76. The Morgan fingerprint density at radius 3 is 2.33 bits per heavy atom. The van der Waals surface area contributed by atoms with Crippen molar-refractivity contribution in [3.63, 3.8) is 0 Å². The number of hydrogen-bond acceptors (Lipinski definition) is 5. The van der Waals surface area contributed by atoms with Crippen LogP contribution in [0.5, 0.6) is 5.75 Å². The van der Waals surface area contributed by atoms with E-state index in [-0.39, 0.29) is 43.5 Å². The van der Waals surface area contributed by atoms with Crippen molar-refractivity contribution >= 4 is 23.4 Å². The predicted octanol–water partition coefficient (Wildman–Crippen LogP) is 4.83. The van der Waals surface area contributed by atoms with Gasteiger partial charge in [0.15, 0.2) is 5.60 Å². The molecule has 1 saturated carbocycles. The zero-order valence-electron chi connectivity index (χ0n) is 24.7. The van der Waals surface area contributed by atoms with Crippen LogP contribution >= 0.6 is 0 Å². The van der Waals surface area contributed by atoms with Gasteiger partial charge >= 0.3 is 12.6 Å². The number of halogens is 5. The molecular weight excluding hydrogens is 563 g/mol. The third-order valence-corrected chi connectivity index (χ3v) is 7.84. The lowest BCUT2D eigenvalue weighted by Crippen LogP contribution is -2.54. The van der Waals surface area contributed by atoms with Crippen molar-refractivity contribution in [3.05, 3.63) is 23.3 Å². The molecule has 3 amide bonds. The summed E-state index contributed by atoms with van der Waals surface area (Å²) in [6, 6.07) is 3.08. The van der Waals surface area contributed by atoms with Crippen molar-refractivity contribution in [3.8, 4) is 5.75 Å². The summed E-state index contributed by atoms with van der Waals surface area (Å²) in [7, 11) is 0. The molecule has 1 aliphatic carbocycles. The number of carbonyl (C=O) groups is 3. The maximum Gasteiger partial charge on any atom is 0.401 e. The van der Waals surface area contributed by atoms with E-state index >= 15 is 0 Å². The first kappa shape index (κ1) is 33.5. The second kappa shape index (κ2) is 13.6. The van der Waals surface area contributed by atoms with Crippen molar-refractivity contribution in [2.45, 2.75) is 97.0 Å². The first-order valence-corrected chi connectivity index (χ1v) is 14.3. The Morgan fingerprint density at radius 1 is 1.12 bits per heavy atom. The van der Waals surface area contributed by atoms with Crippen LogP contribution in [0, 0.1) is 12.8 Å². The quantitative estimate of drug-likeness (QED) is 0.279. The molecule has 1 aromatic rings. The zero-order chi connectivity index (χ0) is 31.4. The molecule has 1 aromatic carbocycles. The third-order valence-electron chi connectivity index (χ3n) is 7.84. The molecule has 1 fully saturated rings. The number of nitrogens with one attached hydrogen (secondary N) is 2. The Bertz CT molecular complexity index is 1130. The van der Waals surface area contributed by atoms with E-state index in [9.17, 15) is 36.3 Å². The molecular formula is C29H41F5N4O4. The monoisotopic (exact) mass is 604 g/mol. The Labute approximate surface area is 243 Å². The maximum absolute atomic E-state index is 14.0. The number of aryl methyl sites for hydroxylation is 1. The SMILES string of the molecule is Cc1cc2c(cc1C(=O)N(C(C)C)[C@H]1CC[C@@H](CCNCC(F)(F)F)CC1)N(CCNC(=O)C(F)F)C(=O)C(C)(C)O2. The highest BCUT2D eigenvalue weighted by Crippen LogP contribution is 2.40. The van der Waals surface area contributed by atoms with Gasteiger partial charge in [0.2, 0.25) is 0 Å². The second-order valence-electron chi connectivity index (χ2n) is 11.9. The molecule has 0 atom stereocenters. The van der Waals surface area contributed by atoms with Gasteiger partial charge in [0.25, 0.3) is 17.7 Å². The van der Waals surface area contributed by atoms with Crippen LogP contribution in [0.4, 0.5) is 27.6 Å². The average Bonchev–Trinajstić information content (AvgIpc) is 2.88. The van der Waals surface area contributed by atoms with Gasteiger partial charge in [-0.15, -0.1) is 0 Å². The van der Waals surface area contributed by atoms with Gasteiger partial charge in [-0.1, -0.05) is 0 Å². The van der Waals surface area contributed by atoms with Crippen LogP contribution in [0.3, 0.4) is 0 Å². The highest BCUT2D eigenvalue weighted by molar-refractivity contribution is 6.05. The minimum atomic E-state index is -4.23. The largest absolute Gasteiger partial charge is 0.476 e. The Morgan fingerprint density at radius 2 is 1.76 bits per heavy atom. The van der Waals surface area contributed by atoms with Crippen LogP contribution in [0.2, 0.25) is 0 Å². The lowest BCUT2D eigenvalue weighted by atomic mass is 9.83. The minimum absolute atomic E-state index is 0.0511. The lowest BCUT2D eigenvalue weighted by Gasteiger charge is -2.41. The van der Waals surface area contributed by atoms with E-state index in [1.807, 2.05) is 18.7 Å². The summed E-state index contributed by atoms with van der Waals surface area (Å²) in [5, 5.41) is 4.56. The number of ether oxygens (including phenoxy) is 1. The fourth-order valence-corrected chi connectivity index (χ4v) is 5.75. The smallest absolute Gasteiger partial charge is 0.401 e. The molecule has 42 heavy (non-hydrogen) atoms. The molecule has 3 rings (SSSR count). The Kier molecular flexibility index (Phi) is 10.8. The van der Waals surface area contributed by atoms with Crippen LogP contribution in [0.1, 0.15) is 75.7 Å². The average molecular weight is 605 g/mol. The van der Waals surface area contributed by atoms with Gasteiger partial charge in [-0.3, -0.25) is 14.4 Å². The molecule has 8 nitrogen and oxygen atoms in total. The van der Waals surface area contributed by atoms with Gasteiger partial charge in [-0.2, -0.15) is 22.0 Å². The zero-order valence-corrected chi connectivity index (χ0v) is 24.7. The number of anilines is 1. The second-order valence-corrected chi connectivity index (χ2v) is 11.9. The molecule has 0 bridgehead atoms. The van der Waals surface area contributed by atoms with Gasteiger partial charge in [-0.05, 0) is 96.9 Å². The van der Waals surface area contributed by atoms with Gasteiger partial charge in [-0.25, -0.2) is 0 Å². The van der Waals surface area contributed by atoms with E-state index in [4.69, 9.17) is 4.74 Å². The minimum Gasteiger partial charge on any atom is -0.476 e. The van der Waals surface area contributed by atoms with Crippen LogP contribution in [0.25, 0.3) is 0 Å². The van der Waals surface area contributed by atoms with Gasteiger partial charge in [0.1, 0.15) is 5.75 Å². The molecule has 1 heterocycles. The number of hydrogen-bond donors (Lipinski definition) is 2.